The fraction of sp³-hybridized carbons (Fsp3) is 0.261. The van der Waals surface area contributed by atoms with Crippen molar-refractivity contribution in [3.63, 3.8) is 0 Å². The highest BCUT2D eigenvalue weighted by molar-refractivity contribution is 7.23. The average molecular weight is 436 g/mol. The third-order valence-corrected chi connectivity index (χ3v) is 6.05. The molecule has 0 saturated heterocycles. The Balaban J connectivity index is 1.26. The van der Waals surface area contributed by atoms with Gasteiger partial charge in [0.2, 0.25) is 0 Å². The Morgan fingerprint density at radius 1 is 1.23 bits per heavy atom. The molecule has 0 N–H and O–H groups in total. The fourth-order valence-electron chi connectivity index (χ4n) is 3.73. The van der Waals surface area contributed by atoms with Gasteiger partial charge in [-0.3, -0.25) is 9.20 Å². The fourth-order valence-corrected chi connectivity index (χ4v) is 4.78. The summed E-state index contributed by atoms with van der Waals surface area (Å²) >= 11 is 1.42. The van der Waals surface area contributed by atoms with Gasteiger partial charge in [-0.2, -0.15) is 0 Å². The number of thiazole rings is 1. The quantitative estimate of drug-likeness (QED) is 0.444. The summed E-state index contributed by atoms with van der Waals surface area (Å²) in [5.74, 6) is 0.640. The van der Waals surface area contributed by atoms with Crippen LogP contribution in [0.25, 0.3) is 15.2 Å². The summed E-state index contributed by atoms with van der Waals surface area (Å²) in [7, 11) is 0. The molecule has 0 unspecified atom stereocenters. The number of nitrogens with zero attached hydrogens (tertiary/aromatic N) is 2. The van der Waals surface area contributed by atoms with Gasteiger partial charge in [-0.1, -0.05) is 35.6 Å². The van der Waals surface area contributed by atoms with Gasteiger partial charge in [-0.15, -0.1) is 0 Å². The van der Waals surface area contributed by atoms with E-state index < -0.39 is 5.97 Å². The van der Waals surface area contributed by atoms with Crippen molar-refractivity contribution in [2.45, 2.75) is 32.5 Å². The summed E-state index contributed by atoms with van der Waals surface area (Å²) in [6.45, 7) is 3.66. The minimum absolute atomic E-state index is 0.0986. The molecule has 1 aliphatic rings. The third-order valence-electron chi connectivity index (χ3n) is 5.03. The lowest BCUT2D eigenvalue weighted by Crippen LogP contribution is -2.25. The average Bonchev–Trinajstić information content (AvgIpc) is 3.26. The molecule has 4 aromatic rings. The zero-order valence-electron chi connectivity index (χ0n) is 17.1. The van der Waals surface area contributed by atoms with Crippen molar-refractivity contribution in [3.05, 3.63) is 70.1 Å². The van der Waals surface area contributed by atoms with E-state index in [0.29, 0.717) is 22.2 Å². The van der Waals surface area contributed by atoms with Crippen LogP contribution in [0.2, 0.25) is 0 Å². The predicted molar refractivity (Wildman–Crippen MR) is 117 cm³/mol. The predicted octanol–water partition coefficient (Wildman–Crippen LogP) is 3.74. The highest BCUT2D eigenvalue weighted by atomic mass is 32.1. The normalized spacial score (nSPS) is 14.4. The number of esters is 1. The van der Waals surface area contributed by atoms with Crippen LogP contribution in [0.15, 0.2) is 53.3 Å². The van der Waals surface area contributed by atoms with E-state index in [0.717, 1.165) is 22.2 Å². The summed E-state index contributed by atoms with van der Waals surface area (Å²) in [6.07, 6.45) is 0.783. The summed E-state index contributed by atoms with van der Waals surface area (Å²) in [5.41, 5.74) is 1.77. The zero-order valence-corrected chi connectivity index (χ0v) is 17.9. The minimum atomic E-state index is -0.548. The molecule has 0 bridgehead atoms. The van der Waals surface area contributed by atoms with Gasteiger partial charge >= 0.3 is 5.97 Å². The molecule has 0 aliphatic carbocycles. The van der Waals surface area contributed by atoms with Crippen molar-refractivity contribution in [3.8, 4) is 11.5 Å². The third kappa shape index (κ3) is 3.74. The van der Waals surface area contributed by atoms with E-state index in [1.165, 1.54) is 17.4 Å². The molecule has 3 heterocycles. The summed E-state index contributed by atoms with van der Waals surface area (Å²) in [5, 5.41) is 0. The van der Waals surface area contributed by atoms with Crippen LogP contribution in [0.4, 0.5) is 0 Å². The van der Waals surface area contributed by atoms with E-state index in [2.05, 4.69) is 4.98 Å². The Morgan fingerprint density at radius 3 is 2.94 bits per heavy atom. The lowest BCUT2D eigenvalue weighted by molar-refractivity contribution is -0.147. The van der Waals surface area contributed by atoms with Gasteiger partial charge in [0.1, 0.15) is 12.2 Å². The van der Waals surface area contributed by atoms with Gasteiger partial charge in [0.25, 0.3) is 5.56 Å². The molecule has 31 heavy (non-hydrogen) atoms. The van der Waals surface area contributed by atoms with Crippen LogP contribution in [0.5, 0.6) is 11.5 Å². The molecule has 2 aromatic carbocycles. The molecule has 1 aliphatic heterocycles. The largest absolute Gasteiger partial charge is 0.483 e. The maximum Gasteiger partial charge on any atom is 0.344 e. The first-order valence-electron chi connectivity index (χ1n) is 9.89. The monoisotopic (exact) mass is 436 g/mol. The number of para-hydroxylation sites is 2. The van der Waals surface area contributed by atoms with Crippen LogP contribution in [0.1, 0.15) is 25.1 Å². The number of hydrogen-bond donors (Lipinski definition) is 0. The molecular weight excluding hydrogens is 416 g/mol. The van der Waals surface area contributed by atoms with Crippen molar-refractivity contribution in [1.29, 1.82) is 0 Å². The molecule has 0 radical (unpaired) electrons. The van der Waals surface area contributed by atoms with Crippen LogP contribution in [0, 0.1) is 0 Å². The highest BCUT2D eigenvalue weighted by Crippen LogP contribution is 2.41. The summed E-state index contributed by atoms with van der Waals surface area (Å²) in [6, 6.07) is 14.6. The van der Waals surface area contributed by atoms with Gasteiger partial charge in [-0.25, -0.2) is 9.78 Å². The molecule has 0 fully saturated rings. The van der Waals surface area contributed by atoms with Gasteiger partial charge in [0.05, 0.1) is 15.9 Å². The minimum Gasteiger partial charge on any atom is -0.483 e. The van der Waals surface area contributed by atoms with Gasteiger partial charge in [0.15, 0.2) is 23.1 Å². The molecule has 0 atom stereocenters. The topological polar surface area (TPSA) is 79.1 Å². The van der Waals surface area contributed by atoms with Crippen molar-refractivity contribution in [2.24, 2.45) is 0 Å². The second kappa shape index (κ2) is 7.39. The summed E-state index contributed by atoms with van der Waals surface area (Å²) < 4.78 is 19.4. The van der Waals surface area contributed by atoms with Crippen LogP contribution < -0.4 is 15.0 Å². The lowest BCUT2D eigenvalue weighted by Gasteiger charge is -2.18. The molecule has 158 valence electrons. The maximum atomic E-state index is 12.5. The number of rotatable bonds is 5. The van der Waals surface area contributed by atoms with Crippen molar-refractivity contribution < 1.29 is 19.0 Å². The van der Waals surface area contributed by atoms with E-state index in [1.807, 2.05) is 50.2 Å². The number of fused-ring (bicyclic) bond motifs is 4. The first kappa shape index (κ1) is 19.6. The number of ether oxygens (including phenoxy) is 3. The molecule has 5 rings (SSSR count). The Labute approximate surface area is 181 Å². The Morgan fingerprint density at radius 2 is 2.06 bits per heavy atom. The van der Waals surface area contributed by atoms with Crippen LogP contribution in [-0.4, -0.2) is 27.6 Å². The standard InChI is InChI=1S/C23H20N2O5S/c1-23(2)11-14-6-5-8-17(21(14)30-23)28-13-20(27)29-12-15-10-19(26)25-16-7-3-4-9-18(16)31-22(25)24-15/h3-10H,11-13H2,1-2H3. The molecule has 0 spiro atoms. The van der Waals surface area contributed by atoms with E-state index in [-0.39, 0.29) is 24.4 Å². The zero-order chi connectivity index (χ0) is 21.6. The lowest BCUT2D eigenvalue weighted by atomic mass is 10.0. The first-order valence-corrected chi connectivity index (χ1v) is 10.7. The van der Waals surface area contributed by atoms with E-state index in [9.17, 15) is 9.59 Å². The van der Waals surface area contributed by atoms with Crippen molar-refractivity contribution in [1.82, 2.24) is 9.38 Å². The summed E-state index contributed by atoms with van der Waals surface area (Å²) in [4.78, 5) is 29.8. The second-order valence-corrected chi connectivity index (χ2v) is 9.01. The number of aromatic nitrogens is 2. The van der Waals surface area contributed by atoms with Gasteiger partial charge in [-0.05, 0) is 32.0 Å². The Bertz CT molecular complexity index is 1370. The SMILES string of the molecule is CC1(C)Cc2cccc(OCC(=O)OCc3cc(=O)n4c(n3)sc3ccccc34)c2O1. The number of carbonyl (C=O) groups is 1. The van der Waals surface area contributed by atoms with E-state index in [4.69, 9.17) is 14.2 Å². The molecule has 2 aromatic heterocycles. The van der Waals surface area contributed by atoms with Crippen LogP contribution in [-0.2, 0) is 22.6 Å². The highest BCUT2D eigenvalue weighted by Gasteiger charge is 2.32. The molecule has 7 nitrogen and oxygen atoms in total. The Kier molecular flexibility index (Phi) is 4.66. The molecule has 0 amide bonds. The second-order valence-electron chi connectivity index (χ2n) is 8.01. The van der Waals surface area contributed by atoms with Crippen LogP contribution in [0.3, 0.4) is 0 Å². The van der Waals surface area contributed by atoms with Gasteiger partial charge in [0, 0.05) is 18.1 Å². The molecule has 0 saturated carbocycles. The number of hydrogen-bond acceptors (Lipinski definition) is 7. The number of carbonyl (C=O) groups excluding carboxylic acids is 1. The Hall–Kier alpha value is -3.39. The van der Waals surface area contributed by atoms with Gasteiger partial charge < -0.3 is 14.2 Å². The molecule has 8 heteroatoms. The smallest absolute Gasteiger partial charge is 0.344 e. The van der Waals surface area contributed by atoms with E-state index >= 15 is 0 Å². The maximum absolute atomic E-state index is 12.5. The van der Waals surface area contributed by atoms with E-state index in [1.54, 1.807) is 10.5 Å². The van der Waals surface area contributed by atoms with Crippen molar-refractivity contribution in [2.75, 3.05) is 6.61 Å². The van der Waals surface area contributed by atoms with Crippen LogP contribution >= 0.6 is 11.3 Å². The van der Waals surface area contributed by atoms with Crippen molar-refractivity contribution >= 4 is 32.5 Å². The first-order chi connectivity index (χ1) is 14.9. The number of benzene rings is 2. The molecular formula is C23H20N2O5S.